The molecule has 5 rings (SSSR count). The summed E-state index contributed by atoms with van der Waals surface area (Å²) in [6.45, 7) is 5.36. The molecule has 2 fully saturated rings. The minimum Gasteiger partial charge on any atom is -0.496 e. The zero-order chi connectivity index (χ0) is 23.1. The molecule has 0 spiro atoms. The van der Waals surface area contributed by atoms with E-state index in [1.54, 1.807) is 7.11 Å². The molecule has 0 unspecified atom stereocenters. The average Bonchev–Trinajstić information content (AvgIpc) is 3.64. The molecule has 0 bridgehead atoms. The van der Waals surface area contributed by atoms with Crippen molar-refractivity contribution in [2.45, 2.75) is 64.8 Å². The van der Waals surface area contributed by atoms with Crippen LogP contribution in [-0.4, -0.2) is 46.9 Å². The molecule has 1 saturated heterocycles. The monoisotopic (exact) mass is 448 g/mol. The molecule has 1 aromatic heterocycles. The number of aryl methyl sites for hydroxylation is 2. The van der Waals surface area contributed by atoms with Crippen molar-refractivity contribution in [1.82, 2.24) is 14.9 Å². The van der Waals surface area contributed by atoms with Crippen molar-refractivity contribution in [2.75, 3.05) is 25.1 Å². The molecule has 3 aliphatic rings. The summed E-state index contributed by atoms with van der Waals surface area (Å²) in [5.41, 5.74) is 3.51. The number of amides is 2. The van der Waals surface area contributed by atoms with Gasteiger partial charge in [-0.25, -0.2) is 9.97 Å². The number of hydrogen-bond acceptors (Lipinski definition) is 5. The number of hydrogen-bond donors (Lipinski definition) is 0. The Bertz CT molecular complexity index is 1100. The van der Waals surface area contributed by atoms with Crippen molar-refractivity contribution in [3.63, 3.8) is 0 Å². The van der Waals surface area contributed by atoms with Crippen LogP contribution >= 0.6 is 0 Å². The van der Waals surface area contributed by atoms with E-state index in [2.05, 4.69) is 0 Å². The fourth-order valence-corrected chi connectivity index (χ4v) is 5.19. The van der Waals surface area contributed by atoms with Gasteiger partial charge < -0.3 is 9.64 Å². The lowest BCUT2D eigenvalue weighted by Crippen LogP contribution is -2.41. The smallest absolute Gasteiger partial charge is 0.258 e. The normalized spacial score (nSPS) is 20.6. The first-order valence-corrected chi connectivity index (χ1v) is 12.1. The number of benzene rings is 1. The summed E-state index contributed by atoms with van der Waals surface area (Å²) in [5.74, 6) is 2.73. The van der Waals surface area contributed by atoms with E-state index < -0.39 is 0 Å². The molecule has 1 aromatic carbocycles. The van der Waals surface area contributed by atoms with E-state index in [-0.39, 0.29) is 17.9 Å². The first-order chi connectivity index (χ1) is 16.0. The molecule has 7 heteroatoms. The highest BCUT2D eigenvalue weighted by atomic mass is 16.5. The van der Waals surface area contributed by atoms with Gasteiger partial charge in [0, 0.05) is 30.8 Å². The molecular formula is C26H32N4O3. The zero-order valence-electron chi connectivity index (χ0n) is 19.8. The molecule has 2 aliphatic heterocycles. The van der Waals surface area contributed by atoms with E-state index in [0.29, 0.717) is 42.4 Å². The van der Waals surface area contributed by atoms with E-state index >= 15 is 0 Å². The third kappa shape index (κ3) is 4.09. The van der Waals surface area contributed by atoms with Crippen LogP contribution in [0.15, 0.2) is 18.2 Å². The molecule has 1 atom stereocenters. The fourth-order valence-electron chi connectivity index (χ4n) is 5.19. The van der Waals surface area contributed by atoms with Gasteiger partial charge in [-0.15, -0.1) is 0 Å². The highest BCUT2D eigenvalue weighted by Gasteiger charge is 2.36. The van der Waals surface area contributed by atoms with Gasteiger partial charge in [0.05, 0.1) is 18.7 Å². The second kappa shape index (κ2) is 8.76. The Kier molecular flexibility index (Phi) is 5.81. The van der Waals surface area contributed by atoms with Crippen LogP contribution in [0.5, 0.6) is 5.75 Å². The van der Waals surface area contributed by atoms with E-state index in [1.807, 2.05) is 41.8 Å². The van der Waals surface area contributed by atoms with Crippen LogP contribution in [0.3, 0.4) is 0 Å². The van der Waals surface area contributed by atoms with Gasteiger partial charge in [0.15, 0.2) is 5.82 Å². The van der Waals surface area contributed by atoms with E-state index in [9.17, 15) is 9.59 Å². The minimum absolute atomic E-state index is 0.0508. The molecule has 174 valence electrons. The van der Waals surface area contributed by atoms with Gasteiger partial charge in [-0.1, -0.05) is 12.1 Å². The highest BCUT2D eigenvalue weighted by Crippen LogP contribution is 2.38. The number of para-hydroxylation sites is 1. The van der Waals surface area contributed by atoms with Gasteiger partial charge in [-0.05, 0) is 69.9 Å². The van der Waals surface area contributed by atoms with Crippen LogP contribution in [0.2, 0.25) is 0 Å². The summed E-state index contributed by atoms with van der Waals surface area (Å²) in [5, 5.41) is 0. The molecule has 0 radical (unpaired) electrons. The Hall–Kier alpha value is -2.96. The molecular weight excluding hydrogens is 416 g/mol. The van der Waals surface area contributed by atoms with Crippen LogP contribution in [0.1, 0.15) is 77.6 Å². The van der Waals surface area contributed by atoms with Crippen molar-refractivity contribution < 1.29 is 14.3 Å². The van der Waals surface area contributed by atoms with Crippen LogP contribution in [0, 0.1) is 19.8 Å². The quantitative estimate of drug-likeness (QED) is 0.687. The molecule has 2 amide bonds. The number of ether oxygens (including phenoxy) is 1. The number of nitrogens with zero attached hydrogens (tertiary/aromatic N) is 4. The van der Waals surface area contributed by atoms with Crippen LogP contribution in [0.4, 0.5) is 5.82 Å². The maximum atomic E-state index is 13.7. The average molecular weight is 449 g/mol. The summed E-state index contributed by atoms with van der Waals surface area (Å²) < 4.78 is 5.57. The number of piperidine rings is 1. The topological polar surface area (TPSA) is 75.6 Å². The largest absolute Gasteiger partial charge is 0.496 e. The minimum atomic E-state index is -0.208. The predicted molar refractivity (Wildman–Crippen MR) is 126 cm³/mol. The number of aromatic nitrogens is 2. The van der Waals surface area contributed by atoms with E-state index in [1.165, 1.54) is 12.8 Å². The molecule has 33 heavy (non-hydrogen) atoms. The Morgan fingerprint density at radius 3 is 2.70 bits per heavy atom. The second-order valence-corrected chi connectivity index (χ2v) is 9.58. The molecule has 1 aliphatic carbocycles. The standard InChI is InChI=1S/C26H32N4O3/c1-16-7-6-8-20(23(16)33-3)26(32)29-14-5-4-9-21(29)24-27-17(2)19-12-13-22(31)30(25(19)28-24)15-18-10-11-18/h6-8,18,21H,4-5,9-15H2,1-3H3/t21-/m0/s1. The van der Waals surface area contributed by atoms with Crippen LogP contribution < -0.4 is 9.64 Å². The molecule has 2 aromatic rings. The van der Waals surface area contributed by atoms with Gasteiger partial charge in [-0.3, -0.25) is 14.5 Å². The lowest BCUT2D eigenvalue weighted by atomic mass is 9.98. The van der Waals surface area contributed by atoms with Crippen LogP contribution in [-0.2, 0) is 11.2 Å². The number of rotatable bonds is 5. The van der Waals surface area contributed by atoms with Crippen molar-refractivity contribution >= 4 is 17.6 Å². The zero-order valence-corrected chi connectivity index (χ0v) is 19.8. The summed E-state index contributed by atoms with van der Waals surface area (Å²) in [4.78, 5) is 40.1. The van der Waals surface area contributed by atoms with Gasteiger partial charge >= 0.3 is 0 Å². The summed E-state index contributed by atoms with van der Waals surface area (Å²) in [7, 11) is 1.61. The summed E-state index contributed by atoms with van der Waals surface area (Å²) >= 11 is 0. The lowest BCUT2D eigenvalue weighted by Gasteiger charge is -2.36. The van der Waals surface area contributed by atoms with E-state index in [0.717, 1.165) is 48.4 Å². The maximum absolute atomic E-state index is 13.7. The number of carbonyl (C=O) groups excluding carboxylic acids is 2. The molecule has 7 nitrogen and oxygen atoms in total. The van der Waals surface area contributed by atoms with Gasteiger partial charge in [0.1, 0.15) is 11.6 Å². The van der Waals surface area contributed by atoms with Gasteiger partial charge in [0.25, 0.3) is 5.91 Å². The first-order valence-electron chi connectivity index (χ1n) is 12.1. The third-order valence-electron chi connectivity index (χ3n) is 7.20. The maximum Gasteiger partial charge on any atom is 0.258 e. The molecule has 1 saturated carbocycles. The Labute approximate surface area is 195 Å². The second-order valence-electron chi connectivity index (χ2n) is 9.58. The Morgan fingerprint density at radius 1 is 1.12 bits per heavy atom. The molecule has 3 heterocycles. The number of anilines is 1. The Balaban J connectivity index is 1.52. The number of likely N-dealkylation sites (tertiary alicyclic amines) is 1. The van der Waals surface area contributed by atoms with Gasteiger partial charge in [0.2, 0.25) is 5.91 Å². The molecule has 0 N–H and O–H groups in total. The highest BCUT2D eigenvalue weighted by molar-refractivity contribution is 5.98. The fraction of sp³-hybridized carbons (Fsp3) is 0.538. The number of methoxy groups -OCH3 is 1. The van der Waals surface area contributed by atoms with Crippen molar-refractivity contribution in [2.24, 2.45) is 5.92 Å². The van der Waals surface area contributed by atoms with Gasteiger partial charge in [-0.2, -0.15) is 0 Å². The number of fused-ring (bicyclic) bond motifs is 1. The summed E-state index contributed by atoms with van der Waals surface area (Å²) in [6, 6.07) is 5.46. The first kappa shape index (κ1) is 21.9. The van der Waals surface area contributed by atoms with Crippen molar-refractivity contribution in [3.05, 3.63) is 46.4 Å². The SMILES string of the molecule is COc1c(C)cccc1C(=O)N1CCCC[C@H]1c1nc(C)c2c(n1)N(CC1CC1)C(=O)CC2. The van der Waals surface area contributed by atoms with E-state index in [4.69, 9.17) is 14.7 Å². The Morgan fingerprint density at radius 2 is 1.94 bits per heavy atom. The van der Waals surface area contributed by atoms with Crippen LogP contribution in [0.25, 0.3) is 0 Å². The van der Waals surface area contributed by atoms with Crippen molar-refractivity contribution in [1.29, 1.82) is 0 Å². The predicted octanol–water partition coefficient (Wildman–Crippen LogP) is 4.16. The third-order valence-corrected chi connectivity index (χ3v) is 7.20. The van der Waals surface area contributed by atoms with Crippen molar-refractivity contribution in [3.8, 4) is 5.75 Å². The summed E-state index contributed by atoms with van der Waals surface area (Å²) in [6.07, 6.45) is 6.35. The lowest BCUT2D eigenvalue weighted by molar-refractivity contribution is -0.119. The number of carbonyl (C=O) groups is 2.